The highest BCUT2D eigenvalue weighted by Gasteiger charge is 2.45. The molecule has 1 aliphatic rings. The van der Waals surface area contributed by atoms with Gasteiger partial charge < -0.3 is 4.90 Å². The van der Waals surface area contributed by atoms with Crippen LogP contribution in [0.5, 0.6) is 0 Å². The molecule has 1 unspecified atom stereocenters. The Morgan fingerprint density at radius 3 is 1.94 bits per heavy atom. The predicted molar refractivity (Wildman–Crippen MR) is 148 cm³/mol. The molecular weight excluding hydrogens is 446 g/mol. The van der Waals surface area contributed by atoms with E-state index in [2.05, 4.69) is 110 Å². The number of para-hydroxylation sites is 2. The van der Waals surface area contributed by atoms with Crippen LogP contribution in [0, 0.1) is 5.92 Å². The normalized spacial score (nSPS) is 16.4. The van der Waals surface area contributed by atoms with Gasteiger partial charge in [0.2, 0.25) is 0 Å². The van der Waals surface area contributed by atoms with Gasteiger partial charge in [-0.05, 0) is 71.3 Å². The zero-order chi connectivity index (χ0) is 24.0. The molecule has 4 aromatic carbocycles. The second kappa shape index (κ2) is 8.51. The lowest BCUT2D eigenvalue weighted by molar-refractivity contribution is 0.0898. The van der Waals surface area contributed by atoms with Crippen molar-refractivity contribution in [2.24, 2.45) is 5.92 Å². The number of Topliss-reactive ketones (excluding diaryl/α,β-unsaturated/α-hetero) is 1. The largest absolute Gasteiger partial charge is 0.302 e. The number of carbonyl (C=O) groups is 1. The van der Waals surface area contributed by atoms with Crippen LogP contribution in [0.25, 0.3) is 10.8 Å². The van der Waals surface area contributed by atoms with E-state index >= 15 is 0 Å². The van der Waals surface area contributed by atoms with Crippen molar-refractivity contribution in [1.29, 1.82) is 0 Å². The number of benzene rings is 4. The lowest BCUT2D eigenvalue weighted by Crippen LogP contribution is -2.28. The average molecular weight is 474 g/mol. The molecule has 0 aliphatic heterocycles. The number of hydrogen-bond acceptors (Lipinski definition) is 3. The molecular formula is C32H27NOS. The van der Waals surface area contributed by atoms with Gasteiger partial charge in [-0.2, -0.15) is 0 Å². The van der Waals surface area contributed by atoms with Crippen LogP contribution in [-0.2, 0) is 11.8 Å². The molecule has 0 N–H and O–H groups in total. The van der Waals surface area contributed by atoms with Gasteiger partial charge in [0, 0.05) is 33.1 Å². The van der Waals surface area contributed by atoms with Gasteiger partial charge in [0.1, 0.15) is 5.00 Å². The van der Waals surface area contributed by atoms with Gasteiger partial charge in [0.05, 0.1) is 0 Å². The Morgan fingerprint density at radius 1 is 0.743 bits per heavy atom. The molecule has 0 bridgehead atoms. The highest BCUT2D eigenvalue weighted by molar-refractivity contribution is 7.16. The fourth-order valence-corrected chi connectivity index (χ4v) is 6.48. The van der Waals surface area contributed by atoms with E-state index in [4.69, 9.17) is 0 Å². The second-order valence-electron chi connectivity index (χ2n) is 9.83. The Balaban J connectivity index is 1.34. The van der Waals surface area contributed by atoms with Crippen molar-refractivity contribution in [2.45, 2.75) is 25.7 Å². The van der Waals surface area contributed by atoms with E-state index in [0.29, 0.717) is 0 Å². The minimum Gasteiger partial charge on any atom is -0.302 e. The number of nitrogens with zero attached hydrogens (tertiary/aromatic N) is 1. The van der Waals surface area contributed by atoms with Gasteiger partial charge in [0.15, 0.2) is 5.78 Å². The molecule has 3 heteroatoms. The van der Waals surface area contributed by atoms with Crippen molar-refractivity contribution >= 4 is 44.3 Å². The Morgan fingerprint density at radius 2 is 1.31 bits per heavy atom. The Kier molecular flexibility index (Phi) is 5.31. The first-order chi connectivity index (χ1) is 17.0. The second-order valence-corrected chi connectivity index (χ2v) is 11.0. The Hall–Kier alpha value is -3.69. The molecule has 0 fully saturated rings. The Labute approximate surface area is 210 Å². The molecule has 1 aliphatic carbocycles. The maximum Gasteiger partial charge on any atom is 0.167 e. The monoisotopic (exact) mass is 473 g/mol. The smallest absolute Gasteiger partial charge is 0.167 e. The van der Waals surface area contributed by atoms with Crippen LogP contribution in [0.2, 0.25) is 0 Å². The molecule has 172 valence electrons. The first-order valence-electron chi connectivity index (χ1n) is 12.1. The van der Waals surface area contributed by atoms with Crippen LogP contribution < -0.4 is 4.90 Å². The van der Waals surface area contributed by atoms with Gasteiger partial charge in [-0.25, -0.2) is 0 Å². The van der Waals surface area contributed by atoms with E-state index in [-0.39, 0.29) is 17.1 Å². The van der Waals surface area contributed by atoms with Gasteiger partial charge in [-0.3, -0.25) is 4.79 Å². The first-order valence-corrected chi connectivity index (χ1v) is 12.9. The van der Waals surface area contributed by atoms with Gasteiger partial charge in [0.25, 0.3) is 0 Å². The summed E-state index contributed by atoms with van der Waals surface area (Å²) in [4.78, 5) is 17.2. The van der Waals surface area contributed by atoms with Crippen molar-refractivity contribution in [1.82, 2.24) is 0 Å². The van der Waals surface area contributed by atoms with Crippen LogP contribution in [-0.4, -0.2) is 5.78 Å². The molecule has 35 heavy (non-hydrogen) atoms. The molecule has 0 spiro atoms. The average Bonchev–Trinajstić information content (AvgIpc) is 3.41. The van der Waals surface area contributed by atoms with Crippen molar-refractivity contribution < 1.29 is 4.79 Å². The van der Waals surface area contributed by atoms with Crippen LogP contribution in [0.1, 0.15) is 34.6 Å². The van der Waals surface area contributed by atoms with E-state index in [1.165, 1.54) is 15.8 Å². The molecule has 0 saturated heterocycles. The number of anilines is 3. The lowest BCUT2D eigenvalue weighted by Gasteiger charge is -2.27. The molecule has 0 amide bonds. The molecule has 1 aromatic heterocycles. The lowest BCUT2D eigenvalue weighted by atomic mass is 9.76. The number of carbonyl (C=O) groups excluding carboxylic acids is 1. The summed E-state index contributed by atoms with van der Waals surface area (Å²) in [7, 11) is 0. The summed E-state index contributed by atoms with van der Waals surface area (Å²) >= 11 is 1.78. The first kappa shape index (κ1) is 21.8. The van der Waals surface area contributed by atoms with E-state index in [1.807, 2.05) is 18.2 Å². The number of hydrogen-bond donors (Lipinski definition) is 0. The summed E-state index contributed by atoms with van der Waals surface area (Å²) in [6.07, 6.45) is 0.749. The molecule has 0 saturated carbocycles. The van der Waals surface area contributed by atoms with Crippen molar-refractivity contribution in [3.05, 3.63) is 125 Å². The fourth-order valence-electron chi connectivity index (χ4n) is 5.38. The van der Waals surface area contributed by atoms with Gasteiger partial charge in [-0.15, -0.1) is 11.3 Å². The van der Waals surface area contributed by atoms with Crippen LogP contribution in [0.15, 0.2) is 109 Å². The number of rotatable bonds is 5. The highest BCUT2D eigenvalue weighted by atomic mass is 32.1. The van der Waals surface area contributed by atoms with E-state index in [9.17, 15) is 4.79 Å². The third-order valence-electron chi connectivity index (χ3n) is 7.34. The predicted octanol–water partition coefficient (Wildman–Crippen LogP) is 8.70. The maximum atomic E-state index is 13.6. The minimum atomic E-state index is -0.209. The maximum absolute atomic E-state index is 13.6. The summed E-state index contributed by atoms with van der Waals surface area (Å²) in [5.74, 6) is 0.205. The fraction of sp³-hybridized carbons (Fsp3) is 0.156. The highest BCUT2D eigenvalue weighted by Crippen LogP contribution is 2.47. The van der Waals surface area contributed by atoms with Crippen molar-refractivity contribution in [2.75, 3.05) is 4.90 Å². The third kappa shape index (κ3) is 3.77. The summed E-state index contributed by atoms with van der Waals surface area (Å²) in [5, 5.41) is 3.49. The summed E-state index contributed by atoms with van der Waals surface area (Å²) in [6.45, 7) is 4.45. The molecule has 5 aromatic rings. The molecule has 1 heterocycles. The van der Waals surface area contributed by atoms with Crippen LogP contribution in [0.3, 0.4) is 0 Å². The zero-order valence-electron chi connectivity index (χ0n) is 19.9. The summed E-state index contributed by atoms with van der Waals surface area (Å²) in [5.41, 5.74) is 4.12. The standard InChI is InChI=1S/C32H27NOS/c1-32(2)28-20-23-12-10-9-11-22(23)19-27(28)31(34)29(32)21-26-17-18-30(35-26)33(24-13-5-3-6-14-24)25-15-7-4-8-16-25/h3-20,29H,21H2,1-2H3. The van der Waals surface area contributed by atoms with E-state index in [1.54, 1.807) is 11.3 Å². The molecule has 1 atom stereocenters. The van der Waals surface area contributed by atoms with Crippen LogP contribution >= 0.6 is 11.3 Å². The third-order valence-corrected chi connectivity index (χ3v) is 8.43. The van der Waals surface area contributed by atoms with Crippen LogP contribution in [0.4, 0.5) is 16.4 Å². The number of fused-ring (bicyclic) bond motifs is 2. The van der Waals surface area contributed by atoms with Gasteiger partial charge in [-0.1, -0.05) is 74.5 Å². The summed E-state index contributed by atoms with van der Waals surface area (Å²) in [6, 6.07) is 38.0. The molecule has 0 radical (unpaired) electrons. The topological polar surface area (TPSA) is 20.3 Å². The van der Waals surface area contributed by atoms with Crippen molar-refractivity contribution in [3.8, 4) is 0 Å². The van der Waals surface area contributed by atoms with E-state index < -0.39 is 0 Å². The minimum absolute atomic E-state index is 0.0669. The number of ketones is 1. The number of thiophene rings is 1. The molecule has 6 rings (SSSR count). The zero-order valence-corrected chi connectivity index (χ0v) is 20.8. The Bertz CT molecular complexity index is 1480. The van der Waals surface area contributed by atoms with Crippen molar-refractivity contribution in [3.63, 3.8) is 0 Å². The SMILES string of the molecule is CC1(C)c2cc3ccccc3cc2C(=O)C1Cc1ccc(N(c2ccccc2)c2ccccc2)s1. The molecule has 2 nitrogen and oxygen atoms in total. The van der Waals surface area contributed by atoms with E-state index in [0.717, 1.165) is 33.7 Å². The quantitative estimate of drug-likeness (QED) is 0.254. The van der Waals surface area contributed by atoms with Gasteiger partial charge >= 0.3 is 0 Å². The summed E-state index contributed by atoms with van der Waals surface area (Å²) < 4.78 is 0.